The van der Waals surface area contributed by atoms with E-state index in [4.69, 9.17) is 4.74 Å². The number of allylic oxidation sites excluding steroid dienone is 1. The lowest BCUT2D eigenvalue weighted by Gasteiger charge is -2.36. The summed E-state index contributed by atoms with van der Waals surface area (Å²) in [5.74, 6) is -4.03. The van der Waals surface area contributed by atoms with Gasteiger partial charge in [0.2, 0.25) is 27.7 Å². The van der Waals surface area contributed by atoms with Crippen LogP contribution in [0.3, 0.4) is 0 Å². The second-order valence-corrected chi connectivity index (χ2v) is 17.6. The van der Waals surface area contributed by atoms with Crippen molar-refractivity contribution in [2.45, 2.75) is 121 Å². The van der Waals surface area contributed by atoms with Gasteiger partial charge in [-0.1, -0.05) is 44.9 Å². The van der Waals surface area contributed by atoms with Crippen molar-refractivity contribution in [2.24, 2.45) is 5.92 Å². The summed E-state index contributed by atoms with van der Waals surface area (Å²) in [5.41, 5.74) is -0.351. The minimum Gasteiger partial charge on any atom is -0.471 e. The van der Waals surface area contributed by atoms with E-state index in [0.717, 1.165) is 6.42 Å². The third-order valence-electron chi connectivity index (χ3n) is 11.1. The molecular weight excluding hydrogens is 744 g/mol. The zero-order valence-corrected chi connectivity index (χ0v) is 33.1. The van der Waals surface area contributed by atoms with Gasteiger partial charge in [-0.25, -0.2) is 27.8 Å². The van der Waals surface area contributed by atoms with Crippen molar-refractivity contribution >= 4 is 44.7 Å². The maximum Gasteiger partial charge on any atom is 0.272 e. The van der Waals surface area contributed by atoms with Gasteiger partial charge in [0.15, 0.2) is 5.82 Å². The highest BCUT2D eigenvalue weighted by molar-refractivity contribution is 7.91. The highest BCUT2D eigenvalue weighted by atomic mass is 32.2. The summed E-state index contributed by atoms with van der Waals surface area (Å²) >= 11 is 0. The molecule has 2 aromatic heterocycles. The molecule has 3 N–H and O–H groups in total. The fraction of sp³-hybridized carbons (Fsp3) is 0.538. The summed E-state index contributed by atoms with van der Waals surface area (Å²) in [6.45, 7) is 8.19. The molecule has 3 aromatic rings. The maximum absolute atomic E-state index is 14.8. The van der Waals surface area contributed by atoms with Crippen LogP contribution >= 0.6 is 0 Å². The van der Waals surface area contributed by atoms with E-state index < -0.39 is 73.9 Å². The number of carbonyl (C=O) groups is 4. The highest BCUT2D eigenvalue weighted by Gasteiger charge is 2.53. The van der Waals surface area contributed by atoms with Gasteiger partial charge in [0.05, 0.1) is 28.7 Å². The molecule has 1 saturated carbocycles. The molecule has 1 saturated heterocycles. The van der Waals surface area contributed by atoms with Gasteiger partial charge in [-0.3, -0.25) is 28.9 Å². The molecule has 0 radical (unpaired) electrons. The van der Waals surface area contributed by atoms with E-state index in [1.165, 1.54) is 36.4 Å². The number of amides is 4. The number of sulfonamides is 1. The van der Waals surface area contributed by atoms with Crippen LogP contribution in [0, 0.1) is 18.7 Å². The van der Waals surface area contributed by atoms with Crippen molar-refractivity contribution in [3.8, 4) is 5.88 Å². The van der Waals surface area contributed by atoms with Crippen LogP contribution in [-0.2, 0) is 30.8 Å². The maximum atomic E-state index is 14.8. The van der Waals surface area contributed by atoms with Gasteiger partial charge >= 0.3 is 0 Å². The number of nitrogens with one attached hydrogen (secondary N) is 3. The molecule has 1 aliphatic carbocycles. The molecule has 5 unspecified atom stereocenters. The molecule has 3 aliphatic rings. The molecule has 4 heterocycles. The van der Waals surface area contributed by atoms with Crippen LogP contribution in [0.5, 0.6) is 5.88 Å². The summed E-state index contributed by atoms with van der Waals surface area (Å²) in [7, 11) is -4.07. The first kappa shape index (κ1) is 40.6. The number of nitrogens with zero attached hydrogens (tertiary/aromatic N) is 5. The standard InChI is InChI=1S/C39H49FN8O7S/c1-6-27-35(45-32-26(40)14-12-16-28(32)43-27)55-25-19-31-34(50)46-39(5,37(52)47-56(53,54)38(4)17-18-38)23(2)13-10-8-7-9-11-15-29(36(51)48(31)22-25)44-33(49)30-21-41-24(3)20-42-30/h10,12-14,16,20-21,23,25,29,31H,6-9,11,15,17-19,22H2,1-5H3,(H,44,49)(H,46,50)(H,47,52). The van der Waals surface area contributed by atoms with Crippen LogP contribution in [0.2, 0.25) is 0 Å². The van der Waals surface area contributed by atoms with E-state index in [1.54, 1.807) is 32.9 Å². The lowest BCUT2D eigenvalue weighted by atomic mass is 9.85. The van der Waals surface area contributed by atoms with E-state index in [2.05, 4.69) is 35.3 Å². The molecule has 300 valence electrons. The number of carbonyl (C=O) groups excluding carboxylic acids is 4. The number of aromatic nitrogens is 4. The molecule has 0 bridgehead atoms. The topological polar surface area (TPSA) is 203 Å². The van der Waals surface area contributed by atoms with Crippen molar-refractivity contribution in [2.75, 3.05) is 6.54 Å². The first-order valence-corrected chi connectivity index (χ1v) is 20.6. The van der Waals surface area contributed by atoms with Crippen molar-refractivity contribution in [1.82, 2.24) is 40.2 Å². The van der Waals surface area contributed by atoms with Gasteiger partial charge in [-0.2, -0.15) is 0 Å². The zero-order chi connectivity index (χ0) is 40.4. The third kappa shape index (κ3) is 8.51. The Morgan fingerprint density at radius 1 is 1.09 bits per heavy atom. The van der Waals surface area contributed by atoms with E-state index in [1.807, 2.05) is 13.0 Å². The second kappa shape index (κ2) is 16.2. The molecule has 4 amide bonds. The average Bonchev–Trinajstić information content (AvgIpc) is 3.79. The monoisotopic (exact) mass is 792 g/mol. The predicted molar refractivity (Wildman–Crippen MR) is 204 cm³/mol. The number of hydrogen-bond acceptors (Lipinski definition) is 11. The van der Waals surface area contributed by atoms with Gasteiger partial charge in [-0.05, 0) is 71.4 Å². The Bertz CT molecular complexity index is 2150. The van der Waals surface area contributed by atoms with Gasteiger partial charge < -0.3 is 20.3 Å². The van der Waals surface area contributed by atoms with Crippen molar-refractivity contribution < 1.29 is 36.7 Å². The quantitative estimate of drug-likeness (QED) is 0.282. The van der Waals surface area contributed by atoms with Gasteiger partial charge in [0, 0.05) is 18.5 Å². The Kier molecular flexibility index (Phi) is 11.7. The fourth-order valence-corrected chi connectivity index (χ4v) is 8.26. The van der Waals surface area contributed by atoms with Crippen LogP contribution in [0.4, 0.5) is 4.39 Å². The average molecular weight is 793 g/mol. The summed E-state index contributed by atoms with van der Waals surface area (Å²) in [5, 5.41) is 5.63. The number of halogens is 1. The van der Waals surface area contributed by atoms with Crippen molar-refractivity contribution in [3.63, 3.8) is 0 Å². The number of aryl methyl sites for hydroxylation is 2. The summed E-state index contributed by atoms with van der Waals surface area (Å²) in [4.78, 5) is 75.2. The molecule has 1 aromatic carbocycles. The number of para-hydroxylation sites is 1. The summed E-state index contributed by atoms with van der Waals surface area (Å²) in [6, 6.07) is 2.13. The molecular formula is C39H49FN8O7S. The van der Waals surface area contributed by atoms with E-state index in [0.29, 0.717) is 55.4 Å². The molecule has 6 rings (SSSR count). The van der Waals surface area contributed by atoms with Gasteiger partial charge in [0.1, 0.15) is 40.6 Å². The van der Waals surface area contributed by atoms with Crippen LogP contribution in [0.15, 0.2) is 42.7 Å². The Morgan fingerprint density at radius 2 is 1.86 bits per heavy atom. The minimum absolute atomic E-state index is 0.00201. The van der Waals surface area contributed by atoms with Crippen molar-refractivity contribution in [1.29, 1.82) is 0 Å². The van der Waals surface area contributed by atoms with Crippen LogP contribution in [0.25, 0.3) is 11.0 Å². The Hall–Kier alpha value is -5.06. The Labute approximate surface area is 325 Å². The molecule has 5 atom stereocenters. The first-order chi connectivity index (χ1) is 26.5. The van der Waals surface area contributed by atoms with E-state index >= 15 is 0 Å². The largest absolute Gasteiger partial charge is 0.471 e. The summed E-state index contributed by atoms with van der Waals surface area (Å²) < 4.78 is 48.8. The number of fused-ring (bicyclic) bond motifs is 2. The van der Waals surface area contributed by atoms with Crippen LogP contribution in [0.1, 0.15) is 101 Å². The molecule has 15 nitrogen and oxygen atoms in total. The lowest BCUT2D eigenvalue weighted by molar-refractivity contribution is -0.142. The number of benzene rings is 1. The SMILES string of the molecule is CCc1nc2cccc(F)c2nc1OC1CC2C(=O)NC(C)(C(=O)NS(=O)(=O)C3(C)CC3)C(C)C=CCCCCCC(NC(=O)c3cnc(C)cn3)C(=O)N2C1. The minimum atomic E-state index is -4.07. The van der Waals surface area contributed by atoms with Crippen LogP contribution in [-0.4, -0.2) is 91.9 Å². The van der Waals surface area contributed by atoms with Gasteiger partial charge in [0.25, 0.3) is 11.8 Å². The van der Waals surface area contributed by atoms with Crippen molar-refractivity contribution in [3.05, 3.63) is 65.6 Å². The zero-order valence-electron chi connectivity index (χ0n) is 32.3. The smallest absolute Gasteiger partial charge is 0.272 e. The molecule has 2 aliphatic heterocycles. The van der Waals surface area contributed by atoms with E-state index in [-0.39, 0.29) is 36.5 Å². The lowest BCUT2D eigenvalue weighted by Crippen LogP contribution is -2.64. The number of rotatable bonds is 8. The molecule has 0 spiro atoms. The normalized spacial score (nSPS) is 25.7. The predicted octanol–water partition coefficient (Wildman–Crippen LogP) is 3.61. The molecule has 56 heavy (non-hydrogen) atoms. The third-order valence-corrected chi connectivity index (χ3v) is 13.3. The first-order valence-electron chi connectivity index (χ1n) is 19.1. The second-order valence-electron chi connectivity index (χ2n) is 15.4. The highest BCUT2D eigenvalue weighted by Crippen LogP contribution is 2.42. The van der Waals surface area contributed by atoms with Gasteiger partial charge in [-0.15, -0.1) is 0 Å². The fourth-order valence-electron chi connectivity index (χ4n) is 6.91. The van der Waals surface area contributed by atoms with Crippen LogP contribution < -0.4 is 20.1 Å². The Morgan fingerprint density at radius 3 is 2.55 bits per heavy atom. The van der Waals surface area contributed by atoms with E-state index in [9.17, 15) is 32.0 Å². The number of hydrogen-bond donors (Lipinski definition) is 3. The number of ether oxygens (including phenoxy) is 1. The molecule has 17 heteroatoms. The Balaban J connectivity index is 1.35. The molecule has 2 fully saturated rings. The summed E-state index contributed by atoms with van der Waals surface area (Å²) in [6.07, 6.45) is 9.62.